The number of halogens is 2. The third-order valence-electron chi connectivity index (χ3n) is 4.84. The average Bonchev–Trinajstić information content (AvgIpc) is 3.10. The fourth-order valence-electron chi connectivity index (χ4n) is 3.40. The highest BCUT2D eigenvalue weighted by Crippen LogP contribution is 2.33. The molecule has 2 aromatic carbocycles. The van der Waals surface area contributed by atoms with Gasteiger partial charge in [0, 0.05) is 17.1 Å². The number of nitrogens with zero attached hydrogens (tertiary/aromatic N) is 2. The van der Waals surface area contributed by atoms with Crippen molar-refractivity contribution >= 4 is 16.9 Å². The molecule has 0 spiro atoms. The Kier molecular flexibility index (Phi) is 5.18. The number of aromatic nitrogens is 2. The van der Waals surface area contributed by atoms with Gasteiger partial charge in [0.25, 0.3) is 0 Å². The number of carbonyl (C=O) groups excluding carboxylic acids is 1. The maximum Gasteiger partial charge on any atom is 0.356 e. The topological polar surface area (TPSA) is 53.4 Å². The molecule has 0 aliphatic rings. The molecular formula is C23H18F2N2O3. The Balaban J connectivity index is 1.88. The molecule has 30 heavy (non-hydrogen) atoms. The van der Waals surface area contributed by atoms with Gasteiger partial charge in [0.05, 0.1) is 32.0 Å². The van der Waals surface area contributed by atoms with Crippen molar-refractivity contribution in [3.63, 3.8) is 0 Å². The molecule has 0 N–H and O–H groups in total. The summed E-state index contributed by atoms with van der Waals surface area (Å²) in [7, 11) is 2.70. The molecule has 0 amide bonds. The van der Waals surface area contributed by atoms with Crippen LogP contribution < -0.4 is 4.74 Å². The van der Waals surface area contributed by atoms with Crippen LogP contribution in [0.3, 0.4) is 0 Å². The van der Waals surface area contributed by atoms with Gasteiger partial charge < -0.3 is 14.0 Å². The maximum atomic E-state index is 14.5. The Morgan fingerprint density at radius 1 is 1.03 bits per heavy atom. The molecule has 0 fully saturated rings. The number of hydrogen-bond acceptors (Lipinski definition) is 4. The molecule has 7 heteroatoms. The number of esters is 1. The number of hydrogen-bond donors (Lipinski definition) is 0. The molecule has 4 aromatic rings. The summed E-state index contributed by atoms with van der Waals surface area (Å²) in [5, 5.41) is 0.761. The van der Waals surface area contributed by atoms with Crippen molar-refractivity contribution in [1.82, 2.24) is 9.55 Å². The molecule has 0 atom stereocenters. The number of benzene rings is 2. The molecule has 152 valence electrons. The van der Waals surface area contributed by atoms with Gasteiger partial charge in [-0.3, -0.25) is 0 Å². The second kappa shape index (κ2) is 7.94. The third-order valence-corrected chi connectivity index (χ3v) is 4.84. The smallest absolute Gasteiger partial charge is 0.356 e. The molecule has 0 bridgehead atoms. The predicted octanol–water partition coefficient (Wildman–Crippen LogP) is 4.83. The summed E-state index contributed by atoms with van der Waals surface area (Å²) in [6.45, 7) is 0.271. The summed E-state index contributed by atoms with van der Waals surface area (Å²) in [4.78, 5) is 16.2. The Bertz CT molecular complexity index is 1230. The Morgan fingerprint density at radius 3 is 2.50 bits per heavy atom. The Morgan fingerprint density at radius 2 is 1.80 bits per heavy atom. The SMILES string of the molecule is COC(=O)c1cccc(Cn2c(-c3ccc(F)cc3)cc3cc(OC)c(F)cc32)n1. The zero-order valence-electron chi connectivity index (χ0n) is 16.4. The van der Waals surface area contributed by atoms with E-state index in [1.807, 2.05) is 10.6 Å². The lowest BCUT2D eigenvalue weighted by atomic mass is 10.1. The van der Waals surface area contributed by atoms with E-state index in [-0.39, 0.29) is 23.8 Å². The van der Waals surface area contributed by atoms with Crippen LogP contribution in [0.15, 0.2) is 60.7 Å². The highest BCUT2D eigenvalue weighted by molar-refractivity contribution is 5.89. The first kappa shape index (κ1) is 19.6. The predicted molar refractivity (Wildman–Crippen MR) is 109 cm³/mol. The van der Waals surface area contributed by atoms with Gasteiger partial charge in [0.2, 0.25) is 0 Å². The minimum atomic E-state index is -0.538. The van der Waals surface area contributed by atoms with E-state index in [1.54, 1.807) is 36.4 Å². The largest absolute Gasteiger partial charge is 0.494 e. The normalized spacial score (nSPS) is 10.9. The van der Waals surface area contributed by atoms with Gasteiger partial charge >= 0.3 is 5.97 Å². The third kappa shape index (κ3) is 3.61. The molecule has 0 aliphatic carbocycles. The molecule has 2 heterocycles. The van der Waals surface area contributed by atoms with E-state index >= 15 is 0 Å². The minimum Gasteiger partial charge on any atom is -0.494 e. The fourth-order valence-corrected chi connectivity index (χ4v) is 3.40. The van der Waals surface area contributed by atoms with Crippen LogP contribution in [-0.4, -0.2) is 29.7 Å². The number of methoxy groups -OCH3 is 2. The van der Waals surface area contributed by atoms with E-state index < -0.39 is 11.8 Å². The molecule has 0 saturated carbocycles. The number of rotatable bonds is 5. The number of pyridine rings is 1. The standard InChI is InChI=1S/C23H18F2N2O3/c1-29-22-11-15-10-20(14-6-8-16(24)9-7-14)27(21(15)12-18(22)25)13-17-4-3-5-19(26-17)23(28)30-2/h3-12H,13H2,1-2H3. The summed E-state index contributed by atoms with van der Waals surface area (Å²) in [5.74, 6) is -1.24. The van der Waals surface area contributed by atoms with Gasteiger partial charge in [-0.05, 0) is 54.1 Å². The molecule has 2 aromatic heterocycles. The van der Waals surface area contributed by atoms with Crippen molar-refractivity contribution in [3.8, 4) is 17.0 Å². The first-order chi connectivity index (χ1) is 14.5. The van der Waals surface area contributed by atoms with Crippen LogP contribution in [-0.2, 0) is 11.3 Å². The van der Waals surface area contributed by atoms with Gasteiger partial charge in [0.15, 0.2) is 11.6 Å². The van der Waals surface area contributed by atoms with Crippen LogP contribution in [0.1, 0.15) is 16.2 Å². The van der Waals surface area contributed by atoms with Crippen molar-refractivity contribution < 1.29 is 23.0 Å². The number of ether oxygens (including phenoxy) is 2. The first-order valence-corrected chi connectivity index (χ1v) is 9.17. The monoisotopic (exact) mass is 408 g/mol. The zero-order valence-corrected chi connectivity index (χ0v) is 16.4. The van der Waals surface area contributed by atoms with Crippen LogP contribution in [0, 0.1) is 11.6 Å². The van der Waals surface area contributed by atoms with E-state index in [2.05, 4.69) is 4.98 Å². The Hall–Kier alpha value is -3.74. The average molecular weight is 408 g/mol. The van der Waals surface area contributed by atoms with Crippen molar-refractivity contribution in [3.05, 3.63) is 83.7 Å². The molecule has 4 rings (SSSR count). The Labute approximate surface area is 171 Å². The van der Waals surface area contributed by atoms with Crippen LogP contribution >= 0.6 is 0 Å². The maximum absolute atomic E-state index is 14.5. The zero-order chi connectivity index (χ0) is 21.3. The molecule has 0 unspecified atom stereocenters. The van der Waals surface area contributed by atoms with Gasteiger partial charge in [-0.25, -0.2) is 18.6 Å². The second-order valence-electron chi connectivity index (χ2n) is 6.67. The van der Waals surface area contributed by atoms with Crippen molar-refractivity contribution in [2.45, 2.75) is 6.54 Å². The van der Waals surface area contributed by atoms with Crippen molar-refractivity contribution in [1.29, 1.82) is 0 Å². The lowest BCUT2D eigenvalue weighted by Gasteiger charge is -2.12. The number of carbonyl (C=O) groups is 1. The summed E-state index contributed by atoms with van der Waals surface area (Å²) < 4.78 is 39.6. The summed E-state index contributed by atoms with van der Waals surface area (Å²) >= 11 is 0. The van der Waals surface area contributed by atoms with E-state index in [0.29, 0.717) is 11.2 Å². The second-order valence-corrected chi connectivity index (χ2v) is 6.67. The lowest BCUT2D eigenvalue weighted by molar-refractivity contribution is 0.0593. The summed E-state index contributed by atoms with van der Waals surface area (Å²) in [6, 6.07) is 16.0. The van der Waals surface area contributed by atoms with Gasteiger partial charge in [0.1, 0.15) is 11.5 Å². The molecule has 0 saturated heterocycles. The molecule has 0 radical (unpaired) electrons. The first-order valence-electron chi connectivity index (χ1n) is 9.17. The number of fused-ring (bicyclic) bond motifs is 1. The van der Waals surface area contributed by atoms with E-state index in [0.717, 1.165) is 16.6 Å². The van der Waals surface area contributed by atoms with Gasteiger partial charge in [-0.1, -0.05) is 6.07 Å². The molecule has 5 nitrogen and oxygen atoms in total. The van der Waals surface area contributed by atoms with Crippen molar-refractivity contribution in [2.24, 2.45) is 0 Å². The van der Waals surface area contributed by atoms with Gasteiger partial charge in [-0.2, -0.15) is 0 Å². The van der Waals surface area contributed by atoms with Crippen LogP contribution in [0.4, 0.5) is 8.78 Å². The van der Waals surface area contributed by atoms with E-state index in [9.17, 15) is 13.6 Å². The van der Waals surface area contributed by atoms with E-state index in [4.69, 9.17) is 9.47 Å². The lowest BCUT2D eigenvalue weighted by Crippen LogP contribution is -2.09. The van der Waals surface area contributed by atoms with E-state index in [1.165, 1.54) is 32.4 Å². The molecular weight excluding hydrogens is 390 g/mol. The highest BCUT2D eigenvalue weighted by atomic mass is 19.1. The quantitative estimate of drug-likeness (QED) is 0.444. The van der Waals surface area contributed by atoms with Crippen LogP contribution in [0.5, 0.6) is 5.75 Å². The minimum absolute atomic E-state index is 0.135. The fraction of sp³-hybridized carbons (Fsp3) is 0.130. The highest BCUT2D eigenvalue weighted by Gasteiger charge is 2.16. The van der Waals surface area contributed by atoms with Crippen molar-refractivity contribution in [2.75, 3.05) is 14.2 Å². The van der Waals surface area contributed by atoms with Gasteiger partial charge in [-0.15, -0.1) is 0 Å². The van der Waals surface area contributed by atoms with Crippen LogP contribution in [0.25, 0.3) is 22.2 Å². The molecule has 0 aliphatic heterocycles. The van der Waals surface area contributed by atoms with Crippen LogP contribution in [0.2, 0.25) is 0 Å². The summed E-state index contributed by atoms with van der Waals surface area (Å²) in [5.41, 5.74) is 2.91. The summed E-state index contributed by atoms with van der Waals surface area (Å²) in [6.07, 6.45) is 0.